The van der Waals surface area contributed by atoms with Gasteiger partial charge in [-0.3, -0.25) is 4.79 Å². The smallest absolute Gasteiger partial charge is 0.320 e. The number of aliphatic hydroxyl groups is 1. The normalized spacial score (nSPS) is 16.7. The lowest BCUT2D eigenvalue weighted by Gasteiger charge is -2.35. The average Bonchev–Trinajstić information content (AvgIpc) is 3.29. The molecule has 1 aliphatic rings. The summed E-state index contributed by atoms with van der Waals surface area (Å²) in [5.41, 5.74) is 2.66. The van der Waals surface area contributed by atoms with E-state index in [0.29, 0.717) is 12.8 Å². The lowest BCUT2D eigenvalue weighted by Crippen LogP contribution is -2.60. The Bertz CT molecular complexity index is 1280. The molecule has 210 valence electrons. The fraction of sp³-hybridized carbons (Fsp3) is 0.500. The van der Waals surface area contributed by atoms with Crippen LogP contribution in [0.5, 0.6) is 0 Å². The van der Waals surface area contributed by atoms with Gasteiger partial charge in [0, 0.05) is 35.8 Å². The Morgan fingerprint density at radius 1 is 0.974 bits per heavy atom. The van der Waals surface area contributed by atoms with Gasteiger partial charge in [-0.25, -0.2) is 4.79 Å². The van der Waals surface area contributed by atoms with E-state index in [1.54, 1.807) is 6.92 Å². The van der Waals surface area contributed by atoms with E-state index < -0.39 is 17.2 Å². The number of benzene rings is 2. The molecule has 0 spiro atoms. The summed E-state index contributed by atoms with van der Waals surface area (Å²) in [5.74, 6) is 0.121. The van der Waals surface area contributed by atoms with Crippen molar-refractivity contribution < 1.29 is 14.7 Å². The Hall–Kier alpha value is -3.32. The van der Waals surface area contributed by atoms with Crippen LogP contribution in [0.1, 0.15) is 95.2 Å². The Balaban J connectivity index is 1.61. The minimum atomic E-state index is -1.26. The molecule has 0 bridgehead atoms. The van der Waals surface area contributed by atoms with E-state index in [2.05, 4.69) is 48.6 Å². The van der Waals surface area contributed by atoms with Crippen molar-refractivity contribution in [2.75, 3.05) is 11.9 Å². The number of anilines is 1. The summed E-state index contributed by atoms with van der Waals surface area (Å²) in [6.45, 7) is 10.3. The monoisotopic (exact) mass is 532 g/mol. The molecule has 1 aromatic heterocycles. The zero-order chi connectivity index (χ0) is 28.2. The highest BCUT2D eigenvalue weighted by Crippen LogP contribution is 2.33. The van der Waals surface area contributed by atoms with Crippen molar-refractivity contribution in [2.45, 2.75) is 96.1 Å². The maximum absolute atomic E-state index is 13.8. The zero-order valence-corrected chi connectivity index (χ0v) is 24.0. The Morgan fingerprint density at radius 2 is 1.62 bits per heavy atom. The molecule has 3 aromatic rings. The number of hydrogen-bond donors (Lipinski definition) is 5. The number of urea groups is 1. The molecule has 3 amide bonds. The summed E-state index contributed by atoms with van der Waals surface area (Å²) in [7, 11) is 0. The predicted octanol–water partition coefficient (Wildman–Crippen LogP) is 6.35. The van der Waals surface area contributed by atoms with E-state index >= 15 is 0 Å². The van der Waals surface area contributed by atoms with Crippen LogP contribution in [0.25, 0.3) is 10.9 Å². The topological polar surface area (TPSA) is 106 Å². The summed E-state index contributed by atoms with van der Waals surface area (Å²) < 4.78 is 0. The maximum Gasteiger partial charge on any atom is 0.320 e. The molecule has 0 aliphatic heterocycles. The number of aromatic nitrogens is 1. The van der Waals surface area contributed by atoms with Crippen molar-refractivity contribution in [3.63, 3.8) is 0 Å². The molecule has 1 atom stereocenters. The van der Waals surface area contributed by atoms with Gasteiger partial charge in [0.05, 0.1) is 5.60 Å². The second-order valence-corrected chi connectivity index (χ2v) is 12.0. The number of carbonyl (C=O) groups is 2. The molecule has 2 aromatic carbocycles. The van der Waals surface area contributed by atoms with Gasteiger partial charge < -0.3 is 26.0 Å². The molecule has 1 fully saturated rings. The molecule has 7 heteroatoms. The van der Waals surface area contributed by atoms with Gasteiger partial charge in [-0.1, -0.05) is 83.4 Å². The largest absolute Gasteiger partial charge is 0.388 e. The highest BCUT2D eigenvalue weighted by molar-refractivity contribution is 5.97. The highest BCUT2D eigenvalue weighted by Gasteiger charge is 2.38. The Labute approximate surface area is 232 Å². The standard InChI is InChI=1S/C32H44N4O3/c1-21(2)24-13-11-14-25(22(3)4)28(24)35-30(38)36-31(5,18-23-19-33-27-15-8-7-12-26(23)27)29(37)34-20-32(39)16-9-6-10-17-32/h7-8,11-15,19,21-22,33,39H,6,9-10,16-18,20H2,1-5H3,(H,34,37)(H2,35,36,38). The summed E-state index contributed by atoms with van der Waals surface area (Å²) in [4.78, 5) is 30.6. The molecule has 4 rings (SSSR count). The first-order chi connectivity index (χ1) is 18.5. The van der Waals surface area contributed by atoms with Crippen LogP contribution in [0.15, 0.2) is 48.7 Å². The first-order valence-electron chi connectivity index (χ1n) is 14.3. The minimum absolute atomic E-state index is 0.173. The van der Waals surface area contributed by atoms with Gasteiger partial charge in [-0.15, -0.1) is 0 Å². The number of fused-ring (bicyclic) bond motifs is 1. The minimum Gasteiger partial charge on any atom is -0.388 e. The molecular weight excluding hydrogens is 488 g/mol. The first kappa shape index (κ1) is 28.7. The van der Waals surface area contributed by atoms with Gasteiger partial charge in [0.25, 0.3) is 0 Å². The van der Waals surface area contributed by atoms with E-state index in [1.165, 1.54) is 0 Å². The van der Waals surface area contributed by atoms with Crippen LogP contribution in [0.4, 0.5) is 10.5 Å². The van der Waals surface area contributed by atoms with Crippen LogP contribution < -0.4 is 16.0 Å². The number of para-hydroxylation sites is 2. The van der Waals surface area contributed by atoms with Gasteiger partial charge in [0.1, 0.15) is 5.54 Å². The molecule has 1 heterocycles. The lowest BCUT2D eigenvalue weighted by molar-refractivity contribution is -0.128. The van der Waals surface area contributed by atoms with Crippen molar-refractivity contribution >= 4 is 28.5 Å². The maximum atomic E-state index is 13.8. The van der Waals surface area contributed by atoms with Crippen molar-refractivity contribution in [1.29, 1.82) is 0 Å². The van der Waals surface area contributed by atoms with Crippen LogP contribution in [-0.4, -0.2) is 39.7 Å². The highest BCUT2D eigenvalue weighted by atomic mass is 16.3. The molecule has 1 unspecified atom stereocenters. The third kappa shape index (κ3) is 6.64. The van der Waals surface area contributed by atoms with E-state index in [4.69, 9.17) is 0 Å². The molecular formula is C32H44N4O3. The van der Waals surface area contributed by atoms with E-state index in [-0.39, 0.29) is 30.7 Å². The Morgan fingerprint density at radius 3 is 2.26 bits per heavy atom. The van der Waals surface area contributed by atoms with Crippen molar-refractivity contribution in [1.82, 2.24) is 15.6 Å². The van der Waals surface area contributed by atoms with Crippen molar-refractivity contribution in [3.8, 4) is 0 Å². The second kappa shape index (κ2) is 11.8. The van der Waals surface area contributed by atoms with Gasteiger partial charge in [0.2, 0.25) is 5.91 Å². The number of rotatable bonds is 9. The van der Waals surface area contributed by atoms with E-state index in [0.717, 1.165) is 52.5 Å². The van der Waals surface area contributed by atoms with Gasteiger partial charge in [-0.05, 0) is 54.4 Å². The predicted molar refractivity (Wildman–Crippen MR) is 158 cm³/mol. The van der Waals surface area contributed by atoms with Crippen molar-refractivity contribution in [3.05, 3.63) is 65.4 Å². The molecule has 0 saturated heterocycles. The fourth-order valence-corrected chi connectivity index (χ4v) is 5.76. The molecule has 39 heavy (non-hydrogen) atoms. The number of aromatic amines is 1. The quantitative estimate of drug-likeness (QED) is 0.222. The number of H-pyrrole nitrogens is 1. The van der Waals surface area contributed by atoms with Crippen molar-refractivity contribution in [2.24, 2.45) is 0 Å². The summed E-state index contributed by atoms with van der Waals surface area (Å²) in [6.07, 6.45) is 6.54. The molecule has 5 N–H and O–H groups in total. The fourth-order valence-electron chi connectivity index (χ4n) is 5.76. The zero-order valence-electron chi connectivity index (χ0n) is 24.0. The molecule has 0 radical (unpaired) electrons. The van der Waals surface area contributed by atoms with Crippen LogP contribution in [0, 0.1) is 0 Å². The van der Waals surface area contributed by atoms with Gasteiger partial charge >= 0.3 is 6.03 Å². The average molecular weight is 533 g/mol. The van der Waals surface area contributed by atoms with Crippen LogP contribution in [0.2, 0.25) is 0 Å². The lowest BCUT2D eigenvalue weighted by atomic mass is 9.84. The summed E-state index contributed by atoms with van der Waals surface area (Å²) >= 11 is 0. The second-order valence-electron chi connectivity index (χ2n) is 12.0. The number of amides is 3. The third-order valence-corrected chi connectivity index (χ3v) is 8.08. The van der Waals surface area contributed by atoms with E-state index in [1.807, 2.05) is 48.7 Å². The van der Waals surface area contributed by atoms with Gasteiger partial charge in [-0.2, -0.15) is 0 Å². The SMILES string of the molecule is CC(C)c1cccc(C(C)C)c1NC(=O)NC(C)(Cc1c[nH]c2ccccc12)C(=O)NCC1(O)CCCCC1. The third-order valence-electron chi connectivity index (χ3n) is 8.08. The van der Waals surface area contributed by atoms with E-state index in [9.17, 15) is 14.7 Å². The van der Waals surface area contributed by atoms with Crippen LogP contribution >= 0.6 is 0 Å². The van der Waals surface area contributed by atoms with Crippen LogP contribution in [0.3, 0.4) is 0 Å². The van der Waals surface area contributed by atoms with Crippen LogP contribution in [-0.2, 0) is 11.2 Å². The summed E-state index contributed by atoms with van der Waals surface area (Å²) in [6, 6.07) is 13.6. The summed E-state index contributed by atoms with van der Waals surface area (Å²) in [5, 5.41) is 21.1. The van der Waals surface area contributed by atoms with Gasteiger partial charge in [0.15, 0.2) is 0 Å². The number of carbonyl (C=O) groups excluding carboxylic acids is 2. The number of hydrogen-bond acceptors (Lipinski definition) is 3. The first-order valence-corrected chi connectivity index (χ1v) is 14.3. The molecule has 7 nitrogen and oxygen atoms in total. The Kier molecular flexibility index (Phi) is 8.70. The molecule has 1 saturated carbocycles. The number of nitrogens with one attached hydrogen (secondary N) is 4. The molecule has 1 aliphatic carbocycles.